The molecule has 0 bridgehead atoms. The van der Waals surface area contributed by atoms with Crippen LogP contribution in [0.4, 0.5) is 0 Å². The van der Waals surface area contributed by atoms with Crippen LogP contribution < -0.4 is 0 Å². The SMILES string of the molecule is CCCC/C=C\CCCCCCCC(=O)O[C@H](COC(=O)CCC/C=C\C/C=C\C/C=C\C/C=C\C=C\[C@@H](O)CC)COP(=O)(O)O. The van der Waals surface area contributed by atoms with Crippen LogP contribution >= 0.6 is 7.82 Å². The average molecular weight is 681 g/mol. The molecule has 0 rings (SSSR count). The lowest BCUT2D eigenvalue weighted by Gasteiger charge is -2.18. The van der Waals surface area contributed by atoms with E-state index in [1.54, 1.807) is 6.08 Å². The van der Waals surface area contributed by atoms with E-state index in [0.717, 1.165) is 57.8 Å². The standard InChI is InChI=1S/C37H61O9P/c1-3-5-6-7-8-9-14-19-22-25-28-31-37(40)46-35(33-45-47(41,42)43)32-44-36(39)30-27-24-21-18-16-13-11-10-12-15-17-20-23-26-29-34(38)4-2/h7-8,11-13,15,18,20-21,23,26,29,34-35,38H,3-6,9-10,14,16-17,19,22,24-25,27-28,30-33H2,1-2H3,(H2,41,42,43)/b8-7-,13-11-,15-12-,21-18-,23-20-,29-26+/t34-,35+/m0/s1. The summed E-state index contributed by atoms with van der Waals surface area (Å²) in [6, 6.07) is 0. The summed E-state index contributed by atoms with van der Waals surface area (Å²) >= 11 is 0. The molecule has 0 heterocycles. The zero-order valence-corrected chi connectivity index (χ0v) is 29.7. The van der Waals surface area contributed by atoms with Crippen molar-refractivity contribution in [3.05, 3.63) is 72.9 Å². The number of aliphatic hydroxyl groups excluding tert-OH is 1. The molecule has 0 amide bonds. The highest BCUT2D eigenvalue weighted by atomic mass is 31.2. The van der Waals surface area contributed by atoms with Gasteiger partial charge in [0.1, 0.15) is 6.61 Å². The van der Waals surface area contributed by atoms with Crippen LogP contribution in [-0.2, 0) is 28.2 Å². The third kappa shape index (κ3) is 34.6. The van der Waals surface area contributed by atoms with Crippen LogP contribution in [0.25, 0.3) is 0 Å². The summed E-state index contributed by atoms with van der Waals surface area (Å²) in [5.74, 6) is -0.994. The first-order valence-electron chi connectivity index (χ1n) is 17.3. The lowest BCUT2D eigenvalue weighted by atomic mass is 10.1. The molecule has 0 fully saturated rings. The van der Waals surface area contributed by atoms with Gasteiger partial charge in [0.15, 0.2) is 6.10 Å². The molecular weight excluding hydrogens is 619 g/mol. The smallest absolute Gasteiger partial charge is 0.462 e. The van der Waals surface area contributed by atoms with Crippen molar-refractivity contribution in [2.75, 3.05) is 13.2 Å². The summed E-state index contributed by atoms with van der Waals surface area (Å²) in [4.78, 5) is 42.5. The molecule has 47 heavy (non-hydrogen) atoms. The molecular formula is C37H61O9P. The minimum absolute atomic E-state index is 0.170. The van der Waals surface area contributed by atoms with E-state index in [0.29, 0.717) is 25.7 Å². The minimum atomic E-state index is -4.77. The Morgan fingerprint density at radius 2 is 1.21 bits per heavy atom. The van der Waals surface area contributed by atoms with Gasteiger partial charge < -0.3 is 24.4 Å². The van der Waals surface area contributed by atoms with Crippen LogP contribution in [0.1, 0.15) is 123 Å². The van der Waals surface area contributed by atoms with Crippen molar-refractivity contribution in [3.63, 3.8) is 0 Å². The van der Waals surface area contributed by atoms with Crippen molar-refractivity contribution in [1.82, 2.24) is 0 Å². The second-order valence-corrected chi connectivity index (χ2v) is 12.5. The Labute approximate surface area is 283 Å². The maximum absolute atomic E-state index is 12.3. The van der Waals surface area contributed by atoms with Crippen LogP contribution in [-0.4, -0.2) is 52.3 Å². The van der Waals surface area contributed by atoms with Gasteiger partial charge in [0.2, 0.25) is 0 Å². The van der Waals surface area contributed by atoms with Gasteiger partial charge in [-0.05, 0) is 64.2 Å². The topological polar surface area (TPSA) is 140 Å². The van der Waals surface area contributed by atoms with Gasteiger partial charge in [-0.2, -0.15) is 0 Å². The molecule has 0 aliphatic rings. The third-order valence-corrected chi connectivity index (χ3v) is 7.35. The number of carbonyl (C=O) groups is 2. The van der Waals surface area contributed by atoms with Gasteiger partial charge in [0.25, 0.3) is 0 Å². The van der Waals surface area contributed by atoms with Crippen molar-refractivity contribution >= 4 is 19.8 Å². The highest BCUT2D eigenvalue weighted by Gasteiger charge is 2.22. The molecule has 0 aromatic heterocycles. The van der Waals surface area contributed by atoms with Gasteiger partial charge in [-0.3, -0.25) is 14.1 Å². The van der Waals surface area contributed by atoms with Crippen molar-refractivity contribution in [2.24, 2.45) is 0 Å². The van der Waals surface area contributed by atoms with E-state index in [4.69, 9.17) is 19.3 Å². The fraction of sp³-hybridized carbons (Fsp3) is 0.622. The van der Waals surface area contributed by atoms with Crippen LogP contribution in [0.3, 0.4) is 0 Å². The monoisotopic (exact) mass is 680 g/mol. The number of ether oxygens (including phenoxy) is 2. The Morgan fingerprint density at radius 1 is 0.660 bits per heavy atom. The molecule has 268 valence electrons. The molecule has 0 saturated heterocycles. The number of hydrogen-bond donors (Lipinski definition) is 3. The fourth-order valence-corrected chi connectivity index (χ4v) is 4.46. The highest BCUT2D eigenvalue weighted by Crippen LogP contribution is 2.35. The number of esters is 2. The molecule has 9 nitrogen and oxygen atoms in total. The first-order valence-corrected chi connectivity index (χ1v) is 18.9. The van der Waals surface area contributed by atoms with E-state index >= 15 is 0 Å². The van der Waals surface area contributed by atoms with Crippen molar-refractivity contribution < 1.29 is 43.0 Å². The van der Waals surface area contributed by atoms with Gasteiger partial charge >= 0.3 is 19.8 Å². The third-order valence-electron chi connectivity index (χ3n) is 6.87. The van der Waals surface area contributed by atoms with Gasteiger partial charge in [-0.15, -0.1) is 0 Å². The summed E-state index contributed by atoms with van der Waals surface area (Å²) < 4.78 is 26.1. The predicted molar refractivity (Wildman–Crippen MR) is 190 cm³/mol. The molecule has 0 radical (unpaired) electrons. The minimum Gasteiger partial charge on any atom is -0.462 e. The summed E-state index contributed by atoms with van der Waals surface area (Å²) in [7, 11) is -4.77. The second-order valence-electron chi connectivity index (χ2n) is 11.3. The normalized spacial score (nSPS) is 14.1. The molecule has 0 aliphatic heterocycles. The van der Waals surface area contributed by atoms with Crippen LogP contribution in [0, 0.1) is 0 Å². The van der Waals surface area contributed by atoms with Crippen molar-refractivity contribution in [1.29, 1.82) is 0 Å². The van der Waals surface area contributed by atoms with Crippen LogP contribution in [0.5, 0.6) is 0 Å². The molecule has 10 heteroatoms. The van der Waals surface area contributed by atoms with E-state index in [2.05, 4.69) is 47.9 Å². The number of unbranched alkanes of at least 4 members (excludes halogenated alkanes) is 8. The van der Waals surface area contributed by atoms with E-state index in [-0.39, 0.29) is 25.6 Å². The maximum atomic E-state index is 12.3. The Hall–Kier alpha value is -2.55. The fourth-order valence-electron chi connectivity index (χ4n) is 4.10. The Balaban J connectivity index is 4.15. The largest absolute Gasteiger partial charge is 0.469 e. The first-order chi connectivity index (χ1) is 22.7. The highest BCUT2D eigenvalue weighted by molar-refractivity contribution is 7.46. The van der Waals surface area contributed by atoms with Gasteiger partial charge in [-0.1, -0.05) is 119 Å². The van der Waals surface area contributed by atoms with Crippen molar-refractivity contribution in [3.8, 4) is 0 Å². The molecule has 0 aromatic rings. The number of carbonyl (C=O) groups excluding carboxylic acids is 2. The molecule has 2 atom stereocenters. The molecule has 0 aliphatic carbocycles. The number of aliphatic hydroxyl groups is 1. The molecule has 0 unspecified atom stereocenters. The molecule has 0 aromatic carbocycles. The second kappa shape index (κ2) is 32.0. The summed E-state index contributed by atoms with van der Waals surface area (Å²) in [5.41, 5.74) is 0. The first kappa shape index (κ1) is 44.5. The van der Waals surface area contributed by atoms with Crippen LogP contribution in [0.15, 0.2) is 72.9 Å². The number of phosphoric ester groups is 1. The lowest BCUT2D eigenvalue weighted by Crippen LogP contribution is -2.29. The number of rotatable bonds is 30. The maximum Gasteiger partial charge on any atom is 0.469 e. The van der Waals surface area contributed by atoms with Crippen molar-refractivity contribution in [2.45, 2.75) is 135 Å². The number of hydrogen-bond acceptors (Lipinski definition) is 7. The average Bonchev–Trinajstić information content (AvgIpc) is 3.04. The zero-order valence-electron chi connectivity index (χ0n) is 28.8. The Morgan fingerprint density at radius 3 is 1.87 bits per heavy atom. The van der Waals surface area contributed by atoms with Gasteiger partial charge in [0, 0.05) is 12.8 Å². The molecule has 0 spiro atoms. The van der Waals surface area contributed by atoms with Gasteiger partial charge in [-0.25, -0.2) is 4.57 Å². The van der Waals surface area contributed by atoms with E-state index in [9.17, 15) is 19.3 Å². The summed E-state index contributed by atoms with van der Waals surface area (Å²) in [5, 5.41) is 9.43. The number of allylic oxidation sites excluding steroid dienone is 11. The zero-order chi connectivity index (χ0) is 34.9. The lowest BCUT2D eigenvalue weighted by molar-refractivity contribution is -0.161. The summed E-state index contributed by atoms with van der Waals surface area (Å²) in [6.07, 6.45) is 37.3. The Bertz CT molecular complexity index is 1010. The quantitative estimate of drug-likeness (QED) is 0.0223. The molecule has 3 N–H and O–H groups in total. The summed E-state index contributed by atoms with van der Waals surface area (Å²) in [6.45, 7) is 3.22. The van der Waals surface area contributed by atoms with Gasteiger partial charge in [0.05, 0.1) is 12.7 Å². The van der Waals surface area contributed by atoms with E-state index in [1.165, 1.54) is 12.8 Å². The predicted octanol–water partition coefficient (Wildman–Crippen LogP) is 8.92. The Kier molecular flexibility index (Phi) is 30.3. The van der Waals surface area contributed by atoms with E-state index < -0.39 is 32.5 Å². The number of phosphoric acid groups is 1. The van der Waals surface area contributed by atoms with Crippen LogP contribution in [0.2, 0.25) is 0 Å². The van der Waals surface area contributed by atoms with E-state index in [1.807, 2.05) is 37.3 Å². The molecule has 0 saturated carbocycles.